The molecule has 1 unspecified atom stereocenters. The second-order valence-electron chi connectivity index (χ2n) is 4.08. The second kappa shape index (κ2) is 8.75. The Labute approximate surface area is 102 Å². The number of nitrogens with zero attached hydrogens (tertiary/aromatic N) is 1. The predicted molar refractivity (Wildman–Crippen MR) is 67.6 cm³/mol. The van der Waals surface area contributed by atoms with Crippen molar-refractivity contribution in [1.29, 1.82) is 0 Å². The van der Waals surface area contributed by atoms with Gasteiger partial charge in [-0.1, -0.05) is 33.1 Å². The number of aromatic amines is 1. The maximum absolute atomic E-state index is 10.8. The summed E-state index contributed by atoms with van der Waals surface area (Å²) in [5, 5.41) is 8.87. The van der Waals surface area contributed by atoms with Gasteiger partial charge in [0.25, 0.3) is 0 Å². The average molecular weight is 241 g/mol. The van der Waals surface area contributed by atoms with E-state index in [-0.39, 0.29) is 0 Å². The monoisotopic (exact) mass is 241 g/mol. The van der Waals surface area contributed by atoms with E-state index in [9.17, 15) is 4.79 Å². The fourth-order valence-corrected chi connectivity index (χ4v) is 1.49. The molecule has 0 amide bonds. The van der Waals surface area contributed by atoms with Gasteiger partial charge in [0, 0.05) is 12.4 Å². The number of rotatable bonds is 6. The van der Waals surface area contributed by atoms with Crippen molar-refractivity contribution in [2.75, 3.05) is 0 Å². The first-order valence-electron chi connectivity index (χ1n) is 6.01. The van der Waals surface area contributed by atoms with Gasteiger partial charge < -0.3 is 15.8 Å². The Morgan fingerprint density at radius 3 is 2.41 bits per heavy atom. The average Bonchev–Trinajstić information content (AvgIpc) is 2.85. The Kier molecular flexibility index (Phi) is 8.05. The molecule has 1 aromatic heterocycles. The van der Waals surface area contributed by atoms with Crippen LogP contribution in [0.25, 0.3) is 0 Å². The van der Waals surface area contributed by atoms with Crippen LogP contribution >= 0.6 is 0 Å². The minimum atomic E-state index is -0.981. The molecule has 0 aliphatic rings. The number of carbonyl (C=O) groups is 1. The highest BCUT2D eigenvalue weighted by Gasteiger charge is 2.31. The lowest BCUT2D eigenvalue weighted by Crippen LogP contribution is -2.47. The Bertz CT molecular complexity index is 271. The van der Waals surface area contributed by atoms with Crippen molar-refractivity contribution in [3.05, 3.63) is 18.7 Å². The van der Waals surface area contributed by atoms with Gasteiger partial charge >= 0.3 is 5.97 Å². The van der Waals surface area contributed by atoms with Crippen molar-refractivity contribution in [2.45, 2.75) is 51.5 Å². The highest BCUT2D eigenvalue weighted by molar-refractivity contribution is 5.78. The smallest absolute Gasteiger partial charge is 0.323 e. The molecule has 0 bridgehead atoms. The second-order valence-corrected chi connectivity index (χ2v) is 4.08. The van der Waals surface area contributed by atoms with Crippen LogP contribution in [0.15, 0.2) is 18.7 Å². The van der Waals surface area contributed by atoms with Gasteiger partial charge in [-0.05, 0) is 12.8 Å². The lowest BCUT2D eigenvalue weighted by molar-refractivity contribution is -0.144. The summed E-state index contributed by atoms with van der Waals surface area (Å²) in [6.45, 7) is 3.99. The zero-order chi connectivity index (χ0) is 13.1. The highest BCUT2D eigenvalue weighted by Crippen LogP contribution is 2.17. The minimum absolute atomic E-state index is 0.572. The number of aliphatic carboxylic acids is 1. The van der Waals surface area contributed by atoms with Gasteiger partial charge in [0.2, 0.25) is 0 Å². The third-order valence-corrected chi connectivity index (χ3v) is 2.50. The van der Waals surface area contributed by atoms with E-state index in [0.29, 0.717) is 12.8 Å². The van der Waals surface area contributed by atoms with Crippen LogP contribution in [0.4, 0.5) is 0 Å². The van der Waals surface area contributed by atoms with Crippen molar-refractivity contribution >= 4 is 5.97 Å². The summed E-state index contributed by atoms with van der Waals surface area (Å²) < 4.78 is 0. The molecule has 1 atom stereocenters. The number of carboxylic acid groups (broad SMARTS) is 1. The molecule has 5 nitrogen and oxygen atoms in total. The standard InChI is InChI=1S/C9H19NO2.C3H4N2/c1-3-5-7-9(10,6-4-2)8(11)12;1-2-5-3-4-1/h3-7,10H2,1-2H3,(H,11,12);1-3H,(H,4,5). The summed E-state index contributed by atoms with van der Waals surface area (Å²) in [5.74, 6) is -0.863. The number of unbranched alkanes of at least 4 members (excludes halogenated alkanes) is 1. The summed E-state index contributed by atoms with van der Waals surface area (Å²) in [6, 6.07) is 0. The maximum atomic E-state index is 10.8. The van der Waals surface area contributed by atoms with E-state index in [0.717, 1.165) is 19.3 Å². The highest BCUT2D eigenvalue weighted by atomic mass is 16.4. The topological polar surface area (TPSA) is 92.0 Å². The van der Waals surface area contributed by atoms with Crippen LogP contribution in [0.5, 0.6) is 0 Å². The van der Waals surface area contributed by atoms with Crippen molar-refractivity contribution in [3.63, 3.8) is 0 Å². The first kappa shape index (κ1) is 15.6. The Balaban J connectivity index is 0.000000419. The molecule has 1 heterocycles. The third kappa shape index (κ3) is 6.73. The number of hydrogen-bond acceptors (Lipinski definition) is 3. The number of aromatic nitrogens is 2. The van der Waals surface area contributed by atoms with Gasteiger partial charge in [0.1, 0.15) is 5.54 Å². The summed E-state index contributed by atoms with van der Waals surface area (Å²) in [5.41, 5.74) is 4.76. The van der Waals surface area contributed by atoms with E-state index in [4.69, 9.17) is 10.8 Å². The molecule has 0 spiro atoms. The number of H-pyrrole nitrogens is 1. The molecule has 0 aliphatic heterocycles. The van der Waals surface area contributed by atoms with E-state index in [1.54, 1.807) is 18.7 Å². The molecule has 4 N–H and O–H groups in total. The Morgan fingerprint density at radius 2 is 2.12 bits per heavy atom. The maximum Gasteiger partial charge on any atom is 0.323 e. The molecule has 98 valence electrons. The molecule has 1 aromatic rings. The van der Waals surface area contributed by atoms with Gasteiger partial charge in [-0.25, -0.2) is 4.98 Å². The van der Waals surface area contributed by atoms with Gasteiger partial charge in [-0.15, -0.1) is 0 Å². The number of imidazole rings is 1. The van der Waals surface area contributed by atoms with Crippen LogP contribution in [-0.4, -0.2) is 26.6 Å². The fourth-order valence-electron chi connectivity index (χ4n) is 1.49. The molecule has 0 saturated carbocycles. The van der Waals surface area contributed by atoms with Crippen molar-refractivity contribution < 1.29 is 9.90 Å². The zero-order valence-corrected chi connectivity index (χ0v) is 10.6. The Hall–Kier alpha value is -1.36. The number of nitrogens with one attached hydrogen (secondary N) is 1. The van der Waals surface area contributed by atoms with Crippen molar-refractivity contribution in [2.24, 2.45) is 5.73 Å². The minimum Gasteiger partial charge on any atom is -0.480 e. The molecule has 17 heavy (non-hydrogen) atoms. The van der Waals surface area contributed by atoms with E-state index in [2.05, 4.69) is 9.97 Å². The summed E-state index contributed by atoms with van der Waals surface area (Å²) in [7, 11) is 0. The molecular weight excluding hydrogens is 218 g/mol. The lowest BCUT2D eigenvalue weighted by Gasteiger charge is -2.23. The van der Waals surface area contributed by atoms with E-state index in [1.165, 1.54) is 0 Å². The SMILES string of the molecule is CCCCC(N)(CCC)C(=O)O.c1c[nH]cn1. The van der Waals surface area contributed by atoms with E-state index < -0.39 is 11.5 Å². The van der Waals surface area contributed by atoms with Gasteiger partial charge in [-0.2, -0.15) is 0 Å². The van der Waals surface area contributed by atoms with Gasteiger partial charge in [0.15, 0.2) is 0 Å². The van der Waals surface area contributed by atoms with Crippen LogP contribution in [0.3, 0.4) is 0 Å². The number of hydrogen-bond donors (Lipinski definition) is 3. The molecule has 0 aromatic carbocycles. The normalized spacial score (nSPS) is 13.4. The van der Waals surface area contributed by atoms with Crippen LogP contribution in [0.2, 0.25) is 0 Å². The summed E-state index contributed by atoms with van der Waals surface area (Å²) in [4.78, 5) is 17.2. The van der Waals surface area contributed by atoms with Gasteiger partial charge in [0.05, 0.1) is 6.33 Å². The van der Waals surface area contributed by atoms with Crippen LogP contribution in [0.1, 0.15) is 46.0 Å². The predicted octanol–water partition coefficient (Wildman–Crippen LogP) is 2.17. The molecule has 1 rings (SSSR count). The molecule has 5 heteroatoms. The number of carboxylic acids is 1. The summed E-state index contributed by atoms with van der Waals surface area (Å²) >= 11 is 0. The molecule has 0 aliphatic carbocycles. The molecule has 0 saturated heterocycles. The molecule has 0 radical (unpaired) electrons. The molecule has 0 fully saturated rings. The molecular formula is C12H23N3O2. The quantitative estimate of drug-likeness (QED) is 0.711. The largest absolute Gasteiger partial charge is 0.480 e. The first-order valence-corrected chi connectivity index (χ1v) is 6.01. The fraction of sp³-hybridized carbons (Fsp3) is 0.667. The van der Waals surface area contributed by atoms with Gasteiger partial charge in [-0.3, -0.25) is 4.79 Å². The van der Waals surface area contributed by atoms with E-state index in [1.807, 2.05) is 13.8 Å². The zero-order valence-electron chi connectivity index (χ0n) is 10.6. The van der Waals surface area contributed by atoms with Crippen molar-refractivity contribution in [3.8, 4) is 0 Å². The third-order valence-electron chi connectivity index (χ3n) is 2.50. The lowest BCUT2D eigenvalue weighted by atomic mass is 9.89. The summed E-state index contributed by atoms with van der Waals surface area (Å²) in [6.07, 6.45) is 8.96. The van der Waals surface area contributed by atoms with Crippen molar-refractivity contribution in [1.82, 2.24) is 9.97 Å². The Morgan fingerprint density at radius 1 is 1.41 bits per heavy atom. The van der Waals surface area contributed by atoms with E-state index >= 15 is 0 Å². The number of nitrogens with two attached hydrogens (primary N) is 1. The van der Waals surface area contributed by atoms with Crippen LogP contribution in [-0.2, 0) is 4.79 Å². The first-order chi connectivity index (χ1) is 8.06. The van der Waals surface area contributed by atoms with Crippen LogP contribution in [0, 0.1) is 0 Å². The van der Waals surface area contributed by atoms with Crippen LogP contribution < -0.4 is 5.73 Å².